The predicted molar refractivity (Wildman–Crippen MR) is 97.8 cm³/mol. The van der Waals surface area contributed by atoms with Gasteiger partial charge in [-0.05, 0) is 43.0 Å². The van der Waals surface area contributed by atoms with Crippen LogP contribution in [-0.2, 0) is 14.3 Å². The summed E-state index contributed by atoms with van der Waals surface area (Å²) in [5.74, 6) is 0.111. The predicted octanol–water partition coefficient (Wildman–Crippen LogP) is 4.18. The average Bonchev–Trinajstić information content (AvgIpc) is 2.54. The first kappa shape index (κ1) is 20.2. The molecule has 24 heavy (non-hydrogen) atoms. The number of carbonyl (C=O) groups is 2. The van der Waals surface area contributed by atoms with Gasteiger partial charge in [0.05, 0.1) is 13.0 Å². The molecular formula is C19H26ClNO3. The maximum Gasteiger partial charge on any atom is 0.307 e. The van der Waals surface area contributed by atoms with Crippen LogP contribution in [0.2, 0.25) is 5.02 Å². The molecule has 0 spiro atoms. The zero-order valence-corrected chi connectivity index (χ0v) is 15.4. The minimum absolute atomic E-state index is 0.102. The Morgan fingerprint density at radius 1 is 1.21 bits per heavy atom. The number of carbonyl (C=O) groups excluding carboxylic acids is 2. The average molecular weight is 352 g/mol. The van der Waals surface area contributed by atoms with Crippen molar-refractivity contribution in [2.45, 2.75) is 33.6 Å². The number of benzene rings is 1. The van der Waals surface area contributed by atoms with E-state index in [0.717, 1.165) is 12.0 Å². The quantitative estimate of drug-likeness (QED) is 0.495. The molecule has 0 heterocycles. The van der Waals surface area contributed by atoms with E-state index in [1.54, 1.807) is 30.0 Å². The number of hydrogen-bond donors (Lipinski definition) is 0. The zero-order valence-electron chi connectivity index (χ0n) is 14.6. The molecule has 0 bridgehead atoms. The Hall–Kier alpha value is -1.81. The Balaban J connectivity index is 2.67. The summed E-state index contributed by atoms with van der Waals surface area (Å²) in [5.41, 5.74) is 0.905. The van der Waals surface area contributed by atoms with E-state index in [-0.39, 0.29) is 18.3 Å². The lowest BCUT2D eigenvalue weighted by Gasteiger charge is -2.22. The first-order valence-electron chi connectivity index (χ1n) is 8.30. The Morgan fingerprint density at radius 3 is 2.46 bits per heavy atom. The van der Waals surface area contributed by atoms with Crippen molar-refractivity contribution in [3.8, 4) is 0 Å². The normalized spacial score (nSPS) is 11.0. The number of halogens is 1. The van der Waals surface area contributed by atoms with E-state index < -0.39 is 0 Å². The molecular weight excluding hydrogens is 326 g/mol. The van der Waals surface area contributed by atoms with Gasteiger partial charge >= 0.3 is 5.97 Å². The SMILES string of the molecule is CCOC(=O)CCN(CCC(C)C)C(=O)/C=C/c1ccc(Cl)cc1. The summed E-state index contributed by atoms with van der Waals surface area (Å²) in [5, 5.41) is 0.659. The van der Waals surface area contributed by atoms with Gasteiger partial charge in [0.2, 0.25) is 5.91 Å². The van der Waals surface area contributed by atoms with Gasteiger partial charge in [-0.3, -0.25) is 9.59 Å². The van der Waals surface area contributed by atoms with Crippen molar-refractivity contribution >= 4 is 29.6 Å². The summed E-state index contributed by atoms with van der Waals surface area (Å²) in [4.78, 5) is 25.7. The second-order valence-electron chi connectivity index (χ2n) is 5.95. The van der Waals surface area contributed by atoms with Gasteiger partial charge in [0.25, 0.3) is 0 Å². The molecule has 1 aromatic carbocycles. The number of ether oxygens (including phenoxy) is 1. The molecule has 1 aromatic rings. The van der Waals surface area contributed by atoms with E-state index >= 15 is 0 Å². The Labute approximate surface area is 149 Å². The van der Waals surface area contributed by atoms with Crippen LogP contribution in [0.5, 0.6) is 0 Å². The van der Waals surface area contributed by atoms with Crippen LogP contribution in [0, 0.1) is 5.92 Å². The van der Waals surface area contributed by atoms with Crippen molar-refractivity contribution in [3.63, 3.8) is 0 Å². The molecule has 132 valence electrons. The maximum atomic E-state index is 12.4. The van der Waals surface area contributed by atoms with Crippen molar-refractivity contribution < 1.29 is 14.3 Å². The fourth-order valence-electron chi connectivity index (χ4n) is 2.05. The molecule has 0 radical (unpaired) electrons. The van der Waals surface area contributed by atoms with E-state index in [4.69, 9.17) is 16.3 Å². The fraction of sp³-hybridized carbons (Fsp3) is 0.474. The van der Waals surface area contributed by atoms with Gasteiger partial charge in [-0.1, -0.05) is 37.6 Å². The largest absolute Gasteiger partial charge is 0.466 e. The third-order valence-electron chi connectivity index (χ3n) is 3.47. The van der Waals surface area contributed by atoms with Crippen molar-refractivity contribution in [1.82, 2.24) is 4.90 Å². The van der Waals surface area contributed by atoms with Gasteiger partial charge in [0.15, 0.2) is 0 Å². The van der Waals surface area contributed by atoms with Gasteiger partial charge in [-0.2, -0.15) is 0 Å². The summed E-state index contributed by atoms with van der Waals surface area (Å²) < 4.78 is 4.93. The second-order valence-corrected chi connectivity index (χ2v) is 6.38. The summed E-state index contributed by atoms with van der Waals surface area (Å²) in [6, 6.07) is 7.26. The van der Waals surface area contributed by atoms with Crippen LogP contribution in [0.1, 0.15) is 39.2 Å². The van der Waals surface area contributed by atoms with Crippen LogP contribution in [0.15, 0.2) is 30.3 Å². The Morgan fingerprint density at radius 2 is 1.88 bits per heavy atom. The minimum Gasteiger partial charge on any atom is -0.466 e. The van der Waals surface area contributed by atoms with Crippen LogP contribution in [0.25, 0.3) is 6.08 Å². The Bertz CT molecular complexity index is 552. The summed E-state index contributed by atoms with van der Waals surface area (Å²) >= 11 is 5.85. The fourth-order valence-corrected chi connectivity index (χ4v) is 2.18. The highest BCUT2D eigenvalue weighted by Gasteiger charge is 2.13. The molecule has 0 aromatic heterocycles. The van der Waals surface area contributed by atoms with Crippen LogP contribution >= 0.6 is 11.6 Å². The molecule has 1 rings (SSSR count). The van der Waals surface area contributed by atoms with Gasteiger partial charge in [0.1, 0.15) is 0 Å². The summed E-state index contributed by atoms with van der Waals surface area (Å²) in [7, 11) is 0. The molecule has 0 unspecified atom stereocenters. The molecule has 0 fully saturated rings. The zero-order chi connectivity index (χ0) is 17.9. The number of nitrogens with zero attached hydrogens (tertiary/aromatic N) is 1. The van der Waals surface area contributed by atoms with Gasteiger partial charge in [-0.15, -0.1) is 0 Å². The molecule has 0 aliphatic heterocycles. The van der Waals surface area contributed by atoms with Gasteiger partial charge < -0.3 is 9.64 Å². The van der Waals surface area contributed by atoms with Crippen LogP contribution in [0.4, 0.5) is 0 Å². The summed E-state index contributed by atoms with van der Waals surface area (Å²) in [6.07, 6.45) is 4.40. The van der Waals surface area contributed by atoms with E-state index in [1.165, 1.54) is 6.08 Å². The summed E-state index contributed by atoms with van der Waals surface area (Å²) in [6.45, 7) is 7.34. The third kappa shape index (κ3) is 8.16. The molecule has 0 N–H and O–H groups in total. The van der Waals surface area contributed by atoms with Crippen molar-refractivity contribution in [1.29, 1.82) is 0 Å². The highest BCUT2D eigenvalue weighted by molar-refractivity contribution is 6.30. The Kier molecular flexibility index (Phi) is 9.16. The first-order chi connectivity index (χ1) is 11.4. The third-order valence-corrected chi connectivity index (χ3v) is 3.72. The topological polar surface area (TPSA) is 46.6 Å². The number of amides is 1. The van der Waals surface area contributed by atoms with Crippen molar-refractivity contribution in [3.05, 3.63) is 40.9 Å². The lowest BCUT2D eigenvalue weighted by Crippen LogP contribution is -2.33. The standard InChI is InChI=1S/C19H26ClNO3/c1-4-24-19(23)12-14-21(13-11-15(2)3)18(22)10-7-16-5-8-17(20)9-6-16/h5-10,15H,4,11-14H2,1-3H3/b10-7+. The second kappa shape index (κ2) is 10.9. The van der Waals surface area contributed by atoms with Crippen LogP contribution < -0.4 is 0 Å². The van der Waals surface area contributed by atoms with Crippen molar-refractivity contribution in [2.75, 3.05) is 19.7 Å². The maximum absolute atomic E-state index is 12.4. The first-order valence-corrected chi connectivity index (χ1v) is 8.68. The lowest BCUT2D eigenvalue weighted by atomic mass is 10.1. The monoisotopic (exact) mass is 351 g/mol. The molecule has 5 heteroatoms. The molecule has 1 amide bonds. The van der Waals surface area contributed by atoms with E-state index in [0.29, 0.717) is 30.6 Å². The van der Waals surface area contributed by atoms with E-state index in [9.17, 15) is 9.59 Å². The highest BCUT2D eigenvalue weighted by Crippen LogP contribution is 2.11. The highest BCUT2D eigenvalue weighted by atomic mass is 35.5. The number of rotatable bonds is 9. The van der Waals surface area contributed by atoms with Crippen LogP contribution in [-0.4, -0.2) is 36.5 Å². The van der Waals surface area contributed by atoms with E-state index in [1.807, 2.05) is 12.1 Å². The van der Waals surface area contributed by atoms with Gasteiger partial charge in [-0.25, -0.2) is 0 Å². The minimum atomic E-state index is -0.276. The van der Waals surface area contributed by atoms with E-state index in [2.05, 4.69) is 13.8 Å². The molecule has 0 aliphatic carbocycles. The van der Waals surface area contributed by atoms with Crippen LogP contribution in [0.3, 0.4) is 0 Å². The molecule has 0 saturated carbocycles. The number of hydrogen-bond acceptors (Lipinski definition) is 3. The molecule has 0 saturated heterocycles. The lowest BCUT2D eigenvalue weighted by molar-refractivity contribution is -0.143. The molecule has 0 aliphatic rings. The van der Waals surface area contributed by atoms with Crippen molar-refractivity contribution in [2.24, 2.45) is 5.92 Å². The number of esters is 1. The van der Waals surface area contributed by atoms with Gasteiger partial charge in [0, 0.05) is 24.2 Å². The smallest absolute Gasteiger partial charge is 0.307 e. The molecule has 4 nitrogen and oxygen atoms in total. The molecule has 0 atom stereocenters.